The van der Waals surface area contributed by atoms with Crippen molar-refractivity contribution in [2.24, 2.45) is 10.8 Å². The number of nitrogens with one attached hydrogen (secondary N) is 1. The molecule has 0 bridgehead atoms. The number of ether oxygens (including phenoxy) is 2. The van der Waals surface area contributed by atoms with Crippen molar-refractivity contribution in [1.82, 2.24) is 5.43 Å². The molecule has 0 saturated carbocycles. The summed E-state index contributed by atoms with van der Waals surface area (Å²) < 4.78 is 9.93. The minimum absolute atomic E-state index is 0.0573. The molecule has 9 heteroatoms. The highest BCUT2D eigenvalue weighted by atomic mass is 16.6. The van der Waals surface area contributed by atoms with Gasteiger partial charge in [0.2, 0.25) is 5.75 Å². The summed E-state index contributed by atoms with van der Waals surface area (Å²) in [5.41, 5.74) is 6.85. The van der Waals surface area contributed by atoms with E-state index < -0.39 is 11.0 Å². The Morgan fingerprint density at radius 1 is 1.42 bits per heavy atom. The Balaban J connectivity index is 3.21. The standard InChI is InChI=1S/C10H12N4O5/c1-18-8-4-9(19-2)7(14(16)17)3-6(8)5-12-13-10(11)15/h3-5H,1-2H3,(H3,11,13,15). The van der Waals surface area contributed by atoms with Gasteiger partial charge in [0.15, 0.2) is 0 Å². The zero-order valence-corrected chi connectivity index (χ0v) is 10.2. The first kappa shape index (κ1) is 14.2. The number of hydrogen-bond donors (Lipinski definition) is 2. The molecule has 0 aliphatic rings. The number of nitrogens with zero attached hydrogens (tertiary/aromatic N) is 2. The van der Waals surface area contributed by atoms with E-state index in [1.807, 2.05) is 5.43 Å². The van der Waals surface area contributed by atoms with Crippen molar-refractivity contribution in [3.8, 4) is 11.5 Å². The van der Waals surface area contributed by atoms with Gasteiger partial charge in [0.25, 0.3) is 0 Å². The van der Waals surface area contributed by atoms with Gasteiger partial charge in [-0.25, -0.2) is 10.2 Å². The number of primary amides is 1. The second kappa shape index (κ2) is 6.19. The number of rotatable bonds is 5. The summed E-state index contributed by atoms with van der Waals surface area (Å²) >= 11 is 0. The molecule has 2 amide bonds. The minimum atomic E-state index is -0.849. The molecule has 0 heterocycles. The van der Waals surface area contributed by atoms with Gasteiger partial charge in [0, 0.05) is 17.7 Å². The first-order valence-corrected chi connectivity index (χ1v) is 4.98. The number of hydrogen-bond acceptors (Lipinski definition) is 6. The van der Waals surface area contributed by atoms with Crippen LogP contribution in [0.4, 0.5) is 10.5 Å². The van der Waals surface area contributed by atoms with E-state index >= 15 is 0 Å². The zero-order chi connectivity index (χ0) is 14.4. The Morgan fingerprint density at radius 3 is 2.53 bits per heavy atom. The highest BCUT2D eigenvalue weighted by molar-refractivity contribution is 5.86. The lowest BCUT2D eigenvalue weighted by atomic mass is 10.1. The second-order valence-electron chi connectivity index (χ2n) is 3.26. The summed E-state index contributed by atoms with van der Waals surface area (Å²) in [5, 5.41) is 14.4. The second-order valence-corrected chi connectivity index (χ2v) is 3.26. The predicted octanol–water partition coefficient (Wildman–Crippen LogP) is 0.614. The van der Waals surface area contributed by atoms with Crippen LogP contribution < -0.4 is 20.6 Å². The maximum Gasteiger partial charge on any atom is 0.332 e. The first-order chi connectivity index (χ1) is 8.99. The summed E-state index contributed by atoms with van der Waals surface area (Å²) in [6.45, 7) is 0. The quantitative estimate of drug-likeness (QED) is 0.459. The largest absolute Gasteiger partial charge is 0.496 e. The van der Waals surface area contributed by atoms with E-state index in [0.29, 0.717) is 11.3 Å². The van der Waals surface area contributed by atoms with Gasteiger partial charge >= 0.3 is 11.7 Å². The molecule has 9 nitrogen and oxygen atoms in total. The van der Waals surface area contributed by atoms with Crippen LogP contribution in [0.1, 0.15) is 5.56 Å². The fourth-order valence-electron chi connectivity index (χ4n) is 1.32. The summed E-state index contributed by atoms with van der Waals surface area (Å²) in [7, 11) is 2.70. The highest BCUT2D eigenvalue weighted by Crippen LogP contribution is 2.33. The number of urea groups is 1. The fraction of sp³-hybridized carbons (Fsp3) is 0.200. The molecule has 19 heavy (non-hydrogen) atoms. The maximum absolute atomic E-state index is 10.9. The number of methoxy groups -OCH3 is 2. The van der Waals surface area contributed by atoms with E-state index in [2.05, 4.69) is 5.10 Å². The van der Waals surface area contributed by atoms with Gasteiger partial charge in [0.1, 0.15) is 5.75 Å². The average Bonchev–Trinajstić information content (AvgIpc) is 2.37. The third-order valence-corrected chi connectivity index (χ3v) is 2.11. The van der Waals surface area contributed by atoms with E-state index in [0.717, 1.165) is 0 Å². The third-order valence-electron chi connectivity index (χ3n) is 2.11. The van der Waals surface area contributed by atoms with Crippen molar-refractivity contribution >= 4 is 17.9 Å². The van der Waals surface area contributed by atoms with E-state index in [1.54, 1.807) is 0 Å². The molecule has 0 saturated heterocycles. The van der Waals surface area contributed by atoms with Crippen molar-refractivity contribution in [2.45, 2.75) is 0 Å². The molecule has 0 spiro atoms. The number of amides is 2. The van der Waals surface area contributed by atoms with Crippen molar-refractivity contribution in [1.29, 1.82) is 0 Å². The lowest BCUT2D eigenvalue weighted by Crippen LogP contribution is -2.24. The van der Waals surface area contributed by atoms with E-state index in [9.17, 15) is 14.9 Å². The predicted molar refractivity (Wildman–Crippen MR) is 66.5 cm³/mol. The van der Waals surface area contributed by atoms with Crippen molar-refractivity contribution < 1.29 is 19.2 Å². The van der Waals surface area contributed by atoms with Crippen LogP contribution in [0.5, 0.6) is 11.5 Å². The summed E-state index contributed by atoms with van der Waals surface area (Å²) in [6, 6.07) is 1.71. The number of carbonyl (C=O) groups excluding carboxylic acids is 1. The van der Waals surface area contributed by atoms with Crippen LogP contribution in [-0.4, -0.2) is 31.4 Å². The van der Waals surface area contributed by atoms with Gasteiger partial charge in [-0.3, -0.25) is 10.1 Å². The van der Waals surface area contributed by atoms with E-state index in [4.69, 9.17) is 15.2 Å². The topological polar surface area (TPSA) is 129 Å². The smallest absolute Gasteiger partial charge is 0.332 e. The molecule has 1 rings (SSSR count). The molecule has 1 aromatic carbocycles. The van der Waals surface area contributed by atoms with Crippen molar-refractivity contribution in [3.05, 3.63) is 27.8 Å². The van der Waals surface area contributed by atoms with Crippen LogP contribution in [0.3, 0.4) is 0 Å². The van der Waals surface area contributed by atoms with Crippen LogP contribution in [0.2, 0.25) is 0 Å². The SMILES string of the molecule is COc1cc(OC)c([N+](=O)[O-])cc1C=NNC(N)=O. The van der Waals surface area contributed by atoms with E-state index in [1.165, 1.54) is 32.6 Å². The van der Waals surface area contributed by atoms with Crippen LogP contribution in [-0.2, 0) is 0 Å². The number of nitrogens with two attached hydrogens (primary N) is 1. The molecular formula is C10H12N4O5. The number of nitro benzene ring substituents is 1. The van der Waals surface area contributed by atoms with Gasteiger partial charge in [-0.2, -0.15) is 5.10 Å². The van der Waals surface area contributed by atoms with Crippen LogP contribution in [0.25, 0.3) is 0 Å². The summed E-state index contributed by atoms with van der Waals surface area (Å²) in [5.74, 6) is 0.360. The molecule has 102 valence electrons. The minimum Gasteiger partial charge on any atom is -0.496 e. The van der Waals surface area contributed by atoms with Gasteiger partial charge in [0.05, 0.1) is 25.4 Å². The van der Waals surface area contributed by atoms with Crippen molar-refractivity contribution in [2.75, 3.05) is 14.2 Å². The molecule has 0 aromatic heterocycles. The highest BCUT2D eigenvalue weighted by Gasteiger charge is 2.18. The Bertz CT molecular complexity index is 529. The number of benzene rings is 1. The Labute approximate surface area is 108 Å². The number of carbonyl (C=O) groups is 1. The molecule has 0 aliphatic heterocycles. The Hall–Kier alpha value is -2.84. The molecule has 0 radical (unpaired) electrons. The fourth-order valence-corrected chi connectivity index (χ4v) is 1.32. The van der Waals surface area contributed by atoms with Crippen molar-refractivity contribution in [3.63, 3.8) is 0 Å². The lowest BCUT2D eigenvalue weighted by Gasteiger charge is -2.07. The van der Waals surface area contributed by atoms with Crippen LogP contribution in [0.15, 0.2) is 17.2 Å². The molecule has 3 N–H and O–H groups in total. The molecule has 0 atom stereocenters. The Morgan fingerprint density at radius 2 is 2.05 bits per heavy atom. The lowest BCUT2D eigenvalue weighted by molar-refractivity contribution is -0.385. The zero-order valence-electron chi connectivity index (χ0n) is 10.2. The van der Waals surface area contributed by atoms with Gasteiger partial charge in [-0.05, 0) is 0 Å². The maximum atomic E-state index is 10.9. The molecule has 0 fully saturated rings. The molecule has 1 aromatic rings. The van der Waals surface area contributed by atoms with Gasteiger partial charge in [-0.15, -0.1) is 0 Å². The molecule has 0 unspecified atom stereocenters. The summed E-state index contributed by atoms with van der Waals surface area (Å²) in [6.07, 6.45) is 1.18. The van der Waals surface area contributed by atoms with E-state index in [-0.39, 0.29) is 11.4 Å². The monoisotopic (exact) mass is 268 g/mol. The molecule has 0 aliphatic carbocycles. The van der Waals surface area contributed by atoms with Gasteiger partial charge in [-0.1, -0.05) is 0 Å². The van der Waals surface area contributed by atoms with Crippen LogP contribution in [0, 0.1) is 10.1 Å². The first-order valence-electron chi connectivity index (χ1n) is 4.98. The summed E-state index contributed by atoms with van der Waals surface area (Å²) in [4.78, 5) is 20.7. The average molecular weight is 268 g/mol. The third kappa shape index (κ3) is 3.56. The normalized spacial score (nSPS) is 10.2. The van der Waals surface area contributed by atoms with Gasteiger partial charge < -0.3 is 15.2 Å². The Kier molecular flexibility index (Phi) is 4.63. The van der Waals surface area contributed by atoms with Crippen LogP contribution >= 0.6 is 0 Å². The number of hydrazone groups is 1. The molecular weight excluding hydrogens is 256 g/mol. The number of nitro groups is 1.